The van der Waals surface area contributed by atoms with E-state index in [0.29, 0.717) is 6.42 Å². The molecule has 0 saturated heterocycles. The van der Waals surface area contributed by atoms with Gasteiger partial charge in [-0.3, -0.25) is 0 Å². The van der Waals surface area contributed by atoms with Crippen LogP contribution in [0.4, 0.5) is 4.79 Å². The molecule has 0 heterocycles. The number of aryl methyl sites for hydroxylation is 1. The molecule has 13 heavy (non-hydrogen) atoms. The van der Waals surface area contributed by atoms with Crippen LogP contribution in [0.3, 0.4) is 0 Å². The highest BCUT2D eigenvalue weighted by Gasteiger charge is 1.98. The van der Waals surface area contributed by atoms with Gasteiger partial charge < -0.3 is 4.74 Å². The van der Waals surface area contributed by atoms with Gasteiger partial charge in [0.05, 0.1) is 6.61 Å². The van der Waals surface area contributed by atoms with Gasteiger partial charge in [0.25, 0.3) is 0 Å². The summed E-state index contributed by atoms with van der Waals surface area (Å²) >= 11 is 0. The molecule has 0 N–H and O–H groups in total. The monoisotopic (exact) mass is 179 g/mol. The Hall–Kier alpha value is -1.51. The normalized spacial score (nSPS) is 9.54. The first-order valence-corrected chi connectivity index (χ1v) is 4.17. The number of ether oxygens (including phenoxy) is 1. The van der Waals surface area contributed by atoms with Crippen LogP contribution in [0.15, 0.2) is 30.3 Å². The third-order valence-electron chi connectivity index (χ3n) is 1.67. The smallest absolute Gasteiger partial charge is 0.432 e. The number of carbonyl (C=O) groups excluding carboxylic acids is 1. The van der Waals surface area contributed by atoms with Crippen molar-refractivity contribution in [1.82, 2.24) is 0 Å². The molecule has 69 valence electrons. The molecule has 1 rings (SSSR count). The summed E-state index contributed by atoms with van der Waals surface area (Å²) in [5.74, 6) is 0. The second kappa shape index (κ2) is 5.19. The second-order valence-corrected chi connectivity index (χ2v) is 2.69. The van der Waals surface area contributed by atoms with Crippen molar-refractivity contribution in [2.45, 2.75) is 12.8 Å². The minimum absolute atomic E-state index is 0.206. The maximum atomic E-state index is 9.88. The standard InChI is InChI=1S/C10H11O3/c11-10(12)13-8-4-7-9-5-2-1-3-6-9/h1-3,5-6H,4,7-8H2. The first-order valence-electron chi connectivity index (χ1n) is 4.17. The molecule has 0 aliphatic carbocycles. The van der Waals surface area contributed by atoms with Crippen molar-refractivity contribution in [2.24, 2.45) is 0 Å². The molecule has 3 nitrogen and oxygen atoms in total. The van der Waals surface area contributed by atoms with Crippen molar-refractivity contribution in [1.29, 1.82) is 0 Å². The van der Waals surface area contributed by atoms with E-state index in [1.165, 1.54) is 5.56 Å². The number of hydrogen-bond donors (Lipinski definition) is 0. The van der Waals surface area contributed by atoms with Crippen LogP contribution in [0, 0.1) is 0 Å². The van der Waals surface area contributed by atoms with E-state index in [0.717, 1.165) is 6.42 Å². The fraction of sp³-hybridized carbons (Fsp3) is 0.300. The Morgan fingerprint density at radius 1 is 1.23 bits per heavy atom. The van der Waals surface area contributed by atoms with Gasteiger partial charge >= 0.3 is 6.16 Å². The Morgan fingerprint density at radius 2 is 1.92 bits per heavy atom. The number of benzene rings is 1. The molecule has 0 unspecified atom stereocenters. The average Bonchev–Trinajstić information content (AvgIpc) is 2.14. The summed E-state index contributed by atoms with van der Waals surface area (Å²) in [6.45, 7) is 0.206. The fourth-order valence-corrected chi connectivity index (χ4v) is 1.08. The van der Waals surface area contributed by atoms with E-state index in [1.807, 2.05) is 30.3 Å². The molecule has 0 aliphatic heterocycles. The van der Waals surface area contributed by atoms with Crippen LogP contribution in [0.5, 0.6) is 0 Å². The van der Waals surface area contributed by atoms with E-state index < -0.39 is 6.16 Å². The minimum atomic E-state index is -1.45. The van der Waals surface area contributed by atoms with Gasteiger partial charge in [-0.1, -0.05) is 30.3 Å². The fourth-order valence-electron chi connectivity index (χ4n) is 1.08. The maximum absolute atomic E-state index is 9.88. The lowest BCUT2D eigenvalue weighted by Gasteiger charge is -1.99. The first-order chi connectivity index (χ1) is 6.29. The van der Waals surface area contributed by atoms with E-state index >= 15 is 0 Å². The second-order valence-electron chi connectivity index (χ2n) is 2.69. The van der Waals surface area contributed by atoms with Crippen LogP contribution in [0.25, 0.3) is 0 Å². The van der Waals surface area contributed by atoms with E-state index in [-0.39, 0.29) is 6.61 Å². The van der Waals surface area contributed by atoms with Crippen LogP contribution < -0.4 is 0 Å². The molecule has 0 fully saturated rings. The topological polar surface area (TPSA) is 46.2 Å². The zero-order chi connectivity index (χ0) is 9.52. The van der Waals surface area contributed by atoms with Gasteiger partial charge in [0.2, 0.25) is 0 Å². The molecule has 0 aromatic heterocycles. The number of carbonyl (C=O) groups is 1. The quantitative estimate of drug-likeness (QED) is 0.525. The van der Waals surface area contributed by atoms with Crippen molar-refractivity contribution < 1.29 is 14.6 Å². The van der Waals surface area contributed by atoms with Gasteiger partial charge in [0.1, 0.15) is 0 Å². The van der Waals surface area contributed by atoms with Crippen LogP contribution in [0.2, 0.25) is 0 Å². The average molecular weight is 179 g/mol. The molecular formula is C10H11O3. The maximum Gasteiger partial charge on any atom is 0.549 e. The van der Waals surface area contributed by atoms with Gasteiger partial charge in [-0.25, -0.2) is 0 Å². The molecule has 3 heteroatoms. The Kier molecular flexibility index (Phi) is 3.82. The summed E-state index contributed by atoms with van der Waals surface area (Å²) in [6, 6.07) is 9.85. The van der Waals surface area contributed by atoms with Gasteiger partial charge in [-0.2, -0.15) is 9.90 Å². The van der Waals surface area contributed by atoms with Crippen molar-refractivity contribution in [3.8, 4) is 0 Å². The lowest BCUT2D eigenvalue weighted by molar-refractivity contribution is 0.0670. The molecule has 1 radical (unpaired) electrons. The van der Waals surface area contributed by atoms with Gasteiger partial charge in [-0.05, 0) is 18.4 Å². The van der Waals surface area contributed by atoms with Crippen molar-refractivity contribution in [3.63, 3.8) is 0 Å². The summed E-state index contributed by atoms with van der Waals surface area (Å²) in [5, 5.41) is 9.88. The highest BCUT2D eigenvalue weighted by atomic mass is 16.7. The minimum Gasteiger partial charge on any atom is -0.432 e. The van der Waals surface area contributed by atoms with Crippen LogP contribution in [-0.4, -0.2) is 12.8 Å². The zero-order valence-corrected chi connectivity index (χ0v) is 7.23. The Labute approximate surface area is 77.0 Å². The van der Waals surface area contributed by atoms with Crippen LogP contribution in [0.1, 0.15) is 12.0 Å². The Bertz CT molecular complexity index is 256. The predicted octanol–water partition coefficient (Wildman–Crippen LogP) is 2.19. The van der Waals surface area contributed by atoms with Crippen LogP contribution in [-0.2, 0) is 16.3 Å². The van der Waals surface area contributed by atoms with Crippen LogP contribution >= 0.6 is 0 Å². The lowest BCUT2D eigenvalue weighted by Crippen LogP contribution is -2.01. The van der Waals surface area contributed by atoms with Gasteiger partial charge in [0.15, 0.2) is 0 Å². The predicted molar refractivity (Wildman–Crippen MR) is 46.8 cm³/mol. The van der Waals surface area contributed by atoms with Gasteiger partial charge in [-0.15, -0.1) is 0 Å². The van der Waals surface area contributed by atoms with E-state index in [9.17, 15) is 9.90 Å². The number of hydrogen-bond acceptors (Lipinski definition) is 2. The zero-order valence-electron chi connectivity index (χ0n) is 7.23. The Balaban J connectivity index is 2.17. The van der Waals surface area contributed by atoms with E-state index in [4.69, 9.17) is 0 Å². The Morgan fingerprint density at radius 3 is 2.54 bits per heavy atom. The van der Waals surface area contributed by atoms with Crippen molar-refractivity contribution in [2.75, 3.05) is 6.61 Å². The number of rotatable bonds is 4. The van der Waals surface area contributed by atoms with E-state index in [1.54, 1.807) is 0 Å². The third kappa shape index (κ3) is 4.15. The first kappa shape index (κ1) is 9.58. The SMILES string of the molecule is [O]C(=O)OCCCc1ccccc1. The largest absolute Gasteiger partial charge is 0.549 e. The summed E-state index contributed by atoms with van der Waals surface area (Å²) in [7, 11) is 0. The highest BCUT2D eigenvalue weighted by molar-refractivity contribution is 5.56. The molecule has 1 aromatic carbocycles. The molecule has 1 aromatic rings. The summed E-state index contributed by atoms with van der Waals surface area (Å²) in [4.78, 5) is 9.88. The summed E-state index contributed by atoms with van der Waals surface area (Å²) < 4.78 is 4.27. The summed E-state index contributed by atoms with van der Waals surface area (Å²) in [6.07, 6.45) is 0.0691. The summed E-state index contributed by atoms with van der Waals surface area (Å²) in [5.41, 5.74) is 1.18. The molecule has 0 amide bonds. The van der Waals surface area contributed by atoms with Crippen molar-refractivity contribution >= 4 is 6.16 Å². The molecule has 0 saturated carbocycles. The third-order valence-corrected chi connectivity index (χ3v) is 1.67. The molecule has 0 atom stereocenters. The van der Waals surface area contributed by atoms with Gasteiger partial charge in [0, 0.05) is 0 Å². The highest BCUT2D eigenvalue weighted by Crippen LogP contribution is 2.02. The molecular weight excluding hydrogens is 168 g/mol. The molecule has 0 aliphatic rings. The molecule has 0 bridgehead atoms. The molecule has 0 spiro atoms. The van der Waals surface area contributed by atoms with Crippen molar-refractivity contribution in [3.05, 3.63) is 35.9 Å². The lowest BCUT2D eigenvalue weighted by atomic mass is 10.1. The van der Waals surface area contributed by atoms with E-state index in [2.05, 4.69) is 4.74 Å².